The summed E-state index contributed by atoms with van der Waals surface area (Å²) in [6.07, 6.45) is 2.08. The van der Waals surface area contributed by atoms with E-state index in [1.165, 1.54) is 5.56 Å². The molecule has 0 aliphatic carbocycles. The van der Waals surface area contributed by atoms with Gasteiger partial charge in [0.2, 0.25) is 0 Å². The van der Waals surface area contributed by atoms with Gasteiger partial charge in [-0.3, -0.25) is 4.55 Å². The Bertz CT molecular complexity index is 500. The van der Waals surface area contributed by atoms with E-state index in [1.807, 2.05) is 6.07 Å². The van der Waals surface area contributed by atoms with E-state index < -0.39 is 10.0 Å². The van der Waals surface area contributed by atoms with Crippen LogP contribution in [0.25, 0.3) is 0 Å². The molecule has 1 aromatic rings. The molecule has 0 amide bonds. The van der Waals surface area contributed by atoms with Crippen molar-refractivity contribution in [2.75, 3.05) is 11.9 Å². The Morgan fingerprint density at radius 3 is 2.81 bits per heavy atom. The van der Waals surface area contributed by atoms with Crippen molar-refractivity contribution in [1.82, 2.24) is 0 Å². The van der Waals surface area contributed by atoms with Gasteiger partial charge in [0.05, 0.1) is 4.90 Å². The van der Waals surface area contributed by atoms with Crippen molar-refractivity contribution >= 4 is 15.7 Å². The molecule has 0 aromatic heterocycles. The zero-order chi connectivity index (χ0) is 11.1. The van der Waals surface area contributed by atoms with Gasteiger partial charge in [0.25, 0.3) is 0 Å². The third kappa shape index (κ3) is 2.83. The van der Waals surface area contributed by atoms with Gasteiger partial charge in [0.1, 0.15) is 0 Å². The molecule has 16 heavy (non-hydrogen) atoms. The van der Waals surface area contributed by atoms with Crippen molar-refractivity contribution < 1.29 is 41.5 Å². The predicted molar refractivity (Wildman–Crippen MR) is 59.7 cm³/mol. The normalized spacial score (nSPS) is 17.6. The molecule has 0 saturated heterocycles. The van der Waals surface area contributed by atoms with Gasteiger partial charge in [-0.05, 0) is 37.0 Å². The molecule has 1 aromatic carbocycles. The van der Waals surface area contributed by atoms with Gasteiger partial charge in [0, 0.05) is 44.9 Å². The van der Waals surface area contributed by atoms with Crippen LogP contribution in [0.4, 0.5) is 5.69 Å². The van der Waals surface area contributed by atoms with Gasteiger partial charge >= 0.3 is 0 Å². The second-order valence-electron chi connectivity index (χ2n) is 3.83. The minimum atomic E-state index is -3.61. The van der Waals surface area contributed by atoms with Gasteiger partial charge in [-0.15, -0.1) is 0 Å². The number of anilines is 1. The third-order valence-electron chi connectivity index (χ3n) is 2.64. The predicted octanol–water partition coefficient (Wildman–Crippen LogP) is 2.23. The first-order valence-corrected chi connectivity index (χ1v) is 6.38. The van der Waals surface area contributed by atoms with Crippen LogP contribution in [-0.4, -0.2) is 15.3 Å². The largest absolute Gasteiger partial charge is 0.385 e. The SMILES string of the molecule is Cc1cc2c(cc1S(=N)(=O)O)NCCC2.[Y]. The maximum Gasteiger partial charge on any atom is 0.188 e. The molecular formula is C10H14N2O2SY. The van der Waals surface area contributed by atoms with Gasteiger partial charge in [-0.2, -0.15) is 0 Å². The van der Waals surface area contributed by atoms with Crippen molar-refractivity contribution in [3.63, 3.8) is 0 Å². The summed E-state index contributed by atoms with van der Waals surface area (Å²) >= 11 is 0. The maximum absolute atomic E-state index is 11.3. The van der Waals surface area contributed by atoms with Crippen molar-refractivity contribution in [3.8, 4) is 0 Å². The molecule has 85 valence electrons. The zero-order valence-corrected chi connectivity index (χ0v) is 12.8. The number of fused-ring (bicyclic) bond motifs is 1. The Balaban J connectivity index is 0.00000128. The Kier molecular flexibility index (Phi) is 4.52. The summed E-state index contributed by atoms with van der Waals surface area (Å²) in [4.78, 5) is 0.218. The molecule has 4 nitrogen and oxygen atoms in total. The monoisotopic (exact) mass is 315 g/mol. The van der Waals surface area contributed by atoms with Crippen molar-refractivity contribution in [3.05, 3.63) is 23.3 Å². The molecule has 3 N–H and O–H groups in total. The molecule has 1 radical (unpaired) electrons. The second kappa shape index (κ2) is 5.13. The topological polar surface area (TPSA) is 73.2 Å². The number of benzene rings is 1. The van der Waals surface area contributed by atoms with Crippen LogP contribution in [-0.2, 0) is 49.1 Å². The van der Waals surface area contributed by atoms with Crippen LogP contribution >= 0.6 is 0 Å². The van der Waals surface area contributed by atoms with Gasteiger partial charge < -0.3 is 5.32 Å². The number of rotatable bonds is 1. The summed E-state index contributed by atoms with van der Waals surface area (Å²) in [5.74, 6) is 0. The maximum atomic E-state index is 11.3. The third-order valence-corrected chi connectivity index (χ3v) is 3.67. The summed E-state index contributed by atoms with van der Waals surface area (Å²) in [5.41, 5.74) is 2.79. The molecule has 0 saturated carbocycles. The molecule has 1 aliphatic rings. The van der Waals surface area contributed by atoms with E-state index in [4.69, 9.17) is 4.78 Å². The average Bonchev–Trinajstić information content (AvgIpc) is 2.15. The van der Waals surface area contributed by atoms with E-state index in [0.717, 1.165) is 30.6 Å². The minimum Gasteiger partial charge on any atom is -0.385 e. The summed E-state index contributed by atoms with van der Waals surface area (Å²) in [6.45, 7) is 2.66. The van der Waals surface area contributed by atoms with Gasteiger partial charge in [-0.25, -0.2) is 8.99 Å². The summed E-state index contributed by atoms with van der Waals surface area (Å²) in [5, 5.41) is 3.18. The smallest absolute Gasteiger partial charge is 0.188 e. The fraction of sp³-hybridized carbons (Fsp3) is 0.400. The molecule has 0 bridgehead atoms. The average molecular weight is 315 g/mol. The van der Waals surface area contributed by atoms with Crippen LogP contribution < -0.4 is 5.32 Å². The number of nitrogens with one attached hydrogen (secondary N) is 2. The van der Waals surface area contributed by atoms with Crippen molar-refractivity contribution in [1.29, 1.82) is 4.78 Å². The van der Waals surface area contributed by atoms with Gasteiger partial charge in [-0.1, -0.05) is 6.07 Å². The van der Waals surface area contributed by atoms with E-state index >= 15 is 0 Å². The Labute approximate surface area is 121 Å². The molecular weight excluding hydrogens is 301 g/mol. The number of hydrogen-bond acceptors (Lipinski definition) is 3. The summed E-state index contributed by atoms with van der Waals surface area (Å²) in [6, 6.07) is 3.54. The Hall–Kier alpha value is 0.0339. The molecule has 0 fully saturated rings. The second-order valence-corrected chi connectivity index (χ2v) is 5.32. The fourth-order valence-corrected chi connectivity index (χ4v) is 2.69. The van der Waals surface area contributed by atoms with Crippen LogP contribution in [0.15, 0.2) is 17.0 Å². The molecule has 1 unspecified atom stereocenters. The molecule has 0 spiro atoms. The standard InChI is InChI=1S/C10H14N2O2S.Y/c1-7-5-8-3-2-4-12-9(8)6-10(7)15(11,13)14;/h5-6,12H,2-4H2,1H3,(H2,11,13,14);. The van der Waals surface area contributed by atoms with Crippen LogP contribution in [0.1, 0.15) is 17.5 Å². The van der Waals surface area contributed by atoms with E-state index in [-0.39, 0.29) is 37.6 Å². The zero-order valence-electron chi connectivity index (χ0n) is 9.12. The van der Waals surface area contributed by atoms with Crippen LogP contribution in [0.5, 0.6) is 0 Å². The van der Waals surface area contributed by atoms with Crippen molar-refractivity contribution in [2.24, 2.45) is 0 Å². The van der Waals surface area contributed by atoms with Crippen LogP contribution in [0.3, 0.4) is 0 Å². The Morgan fingerprint density at radius 1 is 1.50 bits per heavy atom. The summed E-state index contributed by atoms with van der Waals surface area (Å²) < 4.78 is 27.7. The Morgan fingerprint density at radius 2 is 2.19 bits per heavy atom. The summed E-state index contributed by atoms with van der Waals surface area (Å²) in [7, 11) is -3.61. The van der Waals surface area contributed by atoms with Gasteiger partial charge in [0.15, 0.2) is 10.0 Å². The molecule has 1 aliphatic heterocycles. The fourth-order valence-electron chi connectivity index (χ4n) is 1.92. The first kappa shape index (κ1) is 14.1. The molecule has 2 rings (SSSR count). The van der Waals surface area contributed by atoms with Crippen molar-refractivity contribution in [2.45, 2.75) is 24.7 Å². The molecule has 1 atom stereocenters. The van der Waals surface area contributed by atoms with Crippen LogP contribution in [0, 0.1) is 11.7 Å². The number of hydrogen-bond donors (Lipinski definition) is 3. The minimum absolute atomic E-state index is 0. The van der Waals surface area contributed by atoms with E-state index in [9.17, 15) is 8.76 Å². The molecule has 1 heterocycles. The number of aryl methyl sites for hydroxylation is 2. The van der Waals surface area contributed by atoms with E-state index in [2.05, 4.69) is 5.32 Å². The van der Waals surface area contributed by atoms with E-state index in [0.29, 0.717) is 0 Å². The first-order chi connectivity index (χ1) is 6.98. The quantitative estimate of drug-likeness (QED) is 0.744. The van der Waals surface area contributed by atoms with E-state index in [1.54, 1.807) is 13.0 Å². The first-order valence-electron chi connectivity index (χ1n) is 4.87. The molecule has 6 heteroatoms. The van der Waals surface area contributed by atoms with Crippen LogP contribution in [0.2, 0.25) is 0 Å².